The molecule has 13 nitrogen and oxygen atoms in total. The molecule has 0 saturated carbocycles. The fourth-order valence-corrected chi connectivity index (χ4v) is 4.59. The van der Waals surface area contributed by atoms with Crippen LogP contribution in [0.3, 0.4) is 0 Å². The van der Waals surface area contributed by atoms with Gasteiger partial charge in [-0.05, 0) is 48.0 Å². The Morgan fingerprint density at radius 3 is 2.30 bits per heavy atom. The van der Waals surface area contributed by atoms with Gasteiger partial charge in [-0.3, -0.25) is 0 Å². The van der Waals surface area contributed by atoms with E-state index in [-0.39, 0.29) is 45.8 Å². The first kappa shape index (κ1) is 29.5. The standard InChI is InChI=1S/C30H28O13/c31-16-5-3-15(4-6-16)29-23(12-18-20(34)10-17(32)11-22(18)41-29)42-30-28(39)27(38)26(37)24(43-30)13-40-25(36)8-2-14-1-7-19(33)21(35)9-14/h1-12,24,26-35,37-39H,13H2/p+1/b8-2+/t24-,26+,27+,28-,29?,30+/m0/s1. The minimum Gasteiger partial charge on any atom is -0.571 e. The average Bonchev–Trinajstić information content (AvgIpc) is 2.97. The number of aliphatic hydroxyl groups is 4. The summed E-state index contributed by atoms with van der Waals surface area (Å²) in [6.45, 7) is -0.539. The highest BCUT2D eigenvalue weighted by atomic mass is 16.7. The van der Waals surface area contributed by atoms with Crippen LogP contribution in [0.5, 0.6) is 34.5 Å². The van der Waals surface area contributed by atoms with Crippen molar-refractivity contribution in [2.45, 2.75) is 36.8 Å². The van der Waals surface area contributed by atoms with Gasteiger partial charge in [-0.1, -0.05) is 6.07 Å². The normalized spacial score (nSPS) is 25.0. The minimum atomic E-state index is -1.76. The van der Waals surface area contributed by atoms with E-state index in [2.05, 4.69) is 4.74 Å². The summed E-state index contributed by atoms with van der Waals surface area (Å²) in [5.74, 6) is -1.78. The number of esters is 1. The predicted molar refractivity (Wildman–Crippen MR) is 148 cm³/mol. The lowest BCUT2D eigenvalue weighted by atomic mass is 9.98. The van der Waals surface area contributed by atoms with Crippen molar-refractivity contribution in [2.24, 2.45) is 0 Å². The number of hydrogen-bond donors (Lipinski definition) is 8. The number of aromatic hydroxyl groups is 6. The lowest BCUT2D eigenvalue weighted by Gasteiger charge is -2.40. The van der Waals surface area contributed by atoms with E-state index in [0.29, 0.717) is 11.1 Å². The molecule has 0 spiro atoms. The van der Waals surface area contributed by atoms with Gasteiger partial charge in [0, 0.05) is 18.2 Å². The van der Waals surface area contributed by atoms with Gasteiger partial charge in [-0.2, -0.15) is 0 Å². The van der Waals surface area contributed by atoms with Crippen molar-refractivity contribution >= 4 is 18.1 Å². The Hall–Kier alpha value is -4.95. The van der Waals surface area contributed by atoms with E-state index in [0.717, 1.165) is 12.1 Å². The molecule has 6 atom stereocenters. The molecule has 0 radical (unpaired) electrons. The molecule has 2 aliphatic rings. The third-order valence-electron chi connectivity index (χ3n) is 6.88. The number of phenols is 5. The molecule has 9 N–H and O–H groups in total. The van der Waals surface area contributed by atoms with Crippen LogP contribution < -0.4 is 0 Å². The quantitative estimate of drug-likeness (QED) is 0.0843. The molecular formula is C30H29O13+. The SMILES string of the molecule is O=C(/C=C/c1ccc(O)c(O)c1)OC[C@@H]1O[C@@H](OC2=Cc3c(O)cc(O)cc3[OH+]C2c2ccc(O)cc2)[C@@H](O)[C@H](O)[C@@H]1O. The Kier molecular flexibility index (Phi) is 8.32. The van der Waals surface area contributed by atoms with Crippen molar-refractivity contribution < 1.29 is 64.6 Å². The van der Waals surface area contributed by atoms with Crippen LogP contribution in [0, 0.1) is 0 Å². The topological polar surface area (TPSA) is 219 Å². The lowest BCUT2D eigenvalue weighted by molar-refractivity contribution is -0.296. The molecule has 2 aliphatic heterocycles. The van der Waals surface area contributed by atoms with E-state index in [1.165, 1.54) is 48.6 Å². The molecule has 226 valence electrons. The Balaban J connectivity index is 1.33. The maximum atomic E-state index is 12.3. The maximum absolute atomic E-state index is 12.3. The molecular weight excluding hydrogens is 568 g/mol. The van der Waals surface area contributed by atoms with Crippen molar-refractivity contribution in [1.82, 2.24) is 0 Å². The number of hydrogen-bond acceptors (Lipinski definition) is 12. The van der Waals surface area contributed by atoms with E-state index in [1.807, 2.05) is 0 Å². The molecule has 0 bridgehead atoms. The molecule has 1 fully saturated rings. The number of fused-ring (bicyclic) bond motifs is 1. The van der Waals surface area contributed by atoms with Crippen LogP contribution in [0.15, 0.2) is 66.4 Å². The van der Waals surface area contributed by atoms with Gasteiger partial charge in [-0.25, -0.2) is 4.79 Å². The van der Waals surface area contributed by atoms with Crippen LogP contribution in [0.2, 0.25) is 0 Å². The first-order valence-corrected chi connectivity index (χ1v) is 13.0. The smallest absolute Gasteiger partial charge is 0.330 e. The average molecular weight is 598 g/mol. The summed E-state index contributed by atoms with van der Waals surface area (Å²) in [4.78, 5) is 12.3. The predicted octanol–water partition coefficient (Wildman–Crippen LogP) is 1.63. The van der Waals surface area contributed by atoms with E-state index in [1.54, 1.807) is 12.1 Å². The molecule has 1 unspecified atom stereocenters. The van der Waals surface area contributed by atoms with Crippen LogP contribution in [0.1, 0.15) is 22.8 Å². The van der Waals surface area contributed by atoms with Gasteiger partial charge in [0.25, 0.3) is 11.9 Å². The van der Waals surface area contributed by atoms with Crippen molar-refractivity contribution in [2.75, 3.05) is 6.61 Å². The van der Waals surface area contributed by atoms with Gasteiger partial charge in [0.15, 0.2) is 17.3 Å². The molecule has 13 heteroatoms. The summed E-state index contributed by atoms with van der Waals surface area (Å²) in [5.41, 5.74) is 1.13. The highest BCUT2D eigenvalue weighted by molar-refractivity contribution is 5.87. The zero-order valence-corrected chi connectivity index (χ0v) is 22.3. The molecule has 1 saturated heterocycles. The summed E-state index contributed by atoms with van der Waals surface area (Å²) in [5, 5.41) is 80.7. The number of aliphatic hydroxyl groups excluding tert-OH is 3. The van der Waals surface area contributed by atoms with E-state index < -0.39 is 49.4 Å². The fourth-order valence-electron chi connectivity index (χ4n) is 4.59. The van der Waals surface area contributed by atoms with Gasteiger partial charge < -0.3 is 59.8 Å². The number of carbonyl (C=O) groups excluding carboxylic acids is 1. The van der Waals surface area contributed by atoms with Crippen LogP contribution in [-0.2, 0) is 19.0 Å². The van der Waals surface area contributed by atoms with Crippen LogP contribution in [0.25, 0.3) is 12.2 Å². The Morgan fingerprint density at radius 2 is 1.58 bits per heavy atom. The van der Waals surface area contributed by atoms with Crippen LogP contribution in [0.4, 0.5) is 0 Å². The lowest BCUT2D eigenvalue weighted by Crippen LogP contribution is -2.59. The van der Waals surface area contributed by atoms with Crippen molar-refractivity contribution in [3.63, 3.8) is 0 Å². The summed E-state index contributed by atoms with van der Waals surface area (Å²) in [6, 6.07) is 12.4. The second kappa shape index (κ2) is 12.1. The highest BCUT2D eigenvalue weighted by Gasteiger charge is 2.47. The van der Waals surface area contributed by atoms with Crippen molar-refractivity contribution in [3.05, 3.63) is 83.1 Å². The minimum absolute atomic E-state index is 0.00158. The van der Waals surface area contributed by atoms with Crippen LogP contribution >= 0.6 is 0 Å². The second-order valence-corrected chi connectivity index (χ2v) is 9.91. The fraction of sp³-hybridized carbons (Fsp3) is 0.233. The monoisotopic (exact) mass is 597 g/mol. The largest absolute Gasteiger partial charge is 0.571 e. The summed E-state index contributed by atoms with van der Waals surface area (Å²) >= 11 is 0. The third-order valence-corrected chi connectivity index (χ3v) is 6.88. The van der Waals surface area contributed by atoms with E-state index in [9.17, 15) is 45.6 Å². The van der Waals surface area contributed by atoms with E-state index >= 15 is 0 Å². The number of phenolic OH excluding ortho intramolecular Hbond substituents is 5. The second-order valence-electron chi connectivity index (χ2n) is 9.91. The van der Waals surface area contributed by atoms with Gasteiger partial charge in [0.05, 0.1) is 11.6 Å². The van der Waals surface area contributed by atoms with Gasteiger partial charge in [0.1, 0.15) is 53.8 Å². The molecule has 0 aliphatic carbocycles. The van der Waals surface area contributed by atoms with Gasteiger partial charge in [0.2, 0.25) is 6.29 Å². The van der Waals surface area contributed by atoms with Crippen molar-refractivity contribution in [3.8, 4) is 34.5 Å². The zero-order chi connectivity index (χ0) is 30.8. The number of ether oxygens (including phenoxy) is 4. The summed E-state index contributed by atoms with van der Waals surface area (Å²) < 4.78 is 21.3. The number of rotatable bonds is 7. The first-order chi connectivity index (χ1) is 20.5. The Morgan fingerprint density at radius 1 is 0.837 bits per heavy atom. The third kappa shape index (κ3) is 6.44. The van der Waals surface area contributed by atoms with Crippen LogP contribution in [-0.4, -0.2) is 88.9 Å². The molecule has 2 heterocycles. The van der Waals surface area contributed by atoms with Crippen molar-refractivity contribution in [1.29, 1.82) is 0 Å². The van der Waals surface area contributed by atoms with E-state index in [4.69, 9.17) is 14.2 Å². The highest BCUT2D eigenvalue weighted by Crippen LogP contribution is 2.45. The molecule has 3 aromatic rings. The summed E-state index contributed by atoms with van der Waals surface area (Å²) in [6.07, 6.45) is -5.20. The van der Waals surface area contributed by atoms with Gasteiger partial charge >= 0.3 is 5.97 Å². The zero-order valence-electron chi connectivity index (χ0n) is 22.3. The Bertz CT molecular complexity index is 1550. The Labute approximate surface area is 244 Å². The number of carbonyl (C=O) groups is 1. The molecule has 3 aromatic carbocycles. The molecule has 0 aromatic heterocycles. The molecule has 5 rings (SSSR count). The molecule has 43 heavy (non-hydrogen) atoms. The molecule has 0 amide bonds. The first-order valence-electron chi connectivity index (χ1n) is 13.0. The number of benzene rings is 3. The summed E-state index contributed by atoms with van der Waals surface area (Å²) in [7, 11) is 0. The van der Waals surface area contributed by atoms with Gasteiger partial charge in [-0.15, -0.1) is 0 Å². The maximum Gasteiger partial charge on any atom is 0.330 e.